The first-order valence-electron chi connectivity index (χ1n) is 34.7. The van der Waals surface area contributed by atoms with Gasteiger partial charge in [0.25, 0.3) is 0 Å². The van der Waals surface area contributed by atoms with E-state index in [4.69, 9.17) is 19.9 Å². The minimum absolute atomic E-state index is 0. The first kappa shape index (κ1) is 61.9. The molecule has 5 heteroatoms. The molecule has 4 heterocycles. The second kappa shape index (κ2) is 24.9. The predicted octanol–water partition coefficient (Wildman–Crippen LogP) is 24.6. The molecule has 0 radical (unpaired) electrons. The number of hydrogen-bond donors (Lipinski definition) is 0. The summed E-state index contributed by atoms with van der Waals surface area (Å²) in [6.07, 6.45) is 3.88. The van der Waals surface area contributed by atoms with Gasteiger partial charge in [-0.25, -0.2) is 9.97 Å². The van der Waals surface area contributed by atoms with E-state index in [-0.39, 0.29) is 21.1 Å². The zero-order valence-electron chi connectivity index (χ0n) is 56.3. The van der Waals surface area contributed by atoms with E-state index in [1.54, 1.807) is 0 Å². The number of fused-ring (bicyclic) bond motifs is 4. The van der Waals surface area contributed by atoms with E-state index in [1.165, 1.54) is 22.3 Å². The number of nitrogens with zero attached hydrogens (tertiary/aromatic N) is 4. The molecule has 474 valence electrons. The Bertz CT molecular complexity index is 5100. The summed E-state index contributed by atoms with van der Waals surface area (Å²) in [7, 11) is 0. The number of rotatable bonds is 12. The average Bonchev–Trinajstić information content (AvgIpc) is 1.56. The third-order valence-electron chi connectivity index (χ3n) is 19.9. The van der Waals surface area contributed by atoms with Crippen molar-refractivity contribution in [3.8, 4) is 89.5 Å². The van der Waals surface area contributed by atoms with Crippen LogP contribution >= 0.6 is 0 Å². The minimum atomic E-state index is 0. The molecule has 3 aliphatic rings. The van der Waals surface area contributed by atoms with Crippen LogP contribution in [0.4, 0.5) is 0 Å². The van der Waals surface area contributed by atoms with Gasteiger partial charge < -0.3 is 9.97 Å². The molecule has 0 N–H and O–H groups in total. The van der Waals surface area contributed by atoms with Gasteiger partial charge in [0.1, 0.15) is 0 Å². The van der Waals surface area contributed by atoms with E-state index in [9.17, 15) is 0 Å². The van der Waals surface area contributed by atoms with E-state index in [0.717, 1.165) is 202 Å². The molecule has 0 amide bonds. The third-order valence-corrected chi connectivity index (χ3v) is 19.9. The summed E-state index contributed by atoms with van der Waals surface area (Å²) in [5.74, 6) is 1.96. The Morgan fingerprint density at radius 3 is 0.619 bits per heavy atom. The summed E-state index contributed by atoms with van der Waals surface area (Å²) in [6, 6.07) is 91.8. The van der Waals surface area contributed by atoms with Gasteiger partial charge in [0.05, 0.1) is 22.8 Å². The molecule has 0 fully saturated rings. The Balaban J connectivity index is 0.00000738. The molecule has 4 nitrogen and oxygen atoms in total. The molecule has 12 aromatic carbocycles. The molecule has 0 spiro atoms. The maximum atomic E-state index is 6.33. The Morgan fingerprint density at radius 2 is 0.433 bits per heavy atom. The van der Waals surface area contributed by atoms with Crippen molar-refractivity contribution < 1.29 is 21.1 Å². The molecule has 8 bridgehead atoms. The number of aromatic nitrogens is 4. The SMILES string of the molecule is CC(C)Cc1ccc(-c2c3nc(c(-c4ccc(CC(C)C)cc4)c4[n-]c(c(-c5ccc(CC(C)C)cc5)c5nc(c(-c6ccc(CC(C)C)cc6)c6[n-]c2c2cc7ccccc7cc62)-c2cc6ccccc6cc2-5)c2cc5ccccc5cc42)-c2cc4ccccc4cc2-3)cc1.[Pt+2]. The van der Waals surface area contributed by atoms with Crippen LogP contribution in [0.3, 0.4) is 0 Å². The van der Waals surface area contributed by atoms with Gasteiger partial charge in [0.15, 0.2) is 0 Å². The molecule has 0 atom stereocenters. The average molecular weight is 1430 g/mol. The first-order chi connectivity index (χ1) is 46.8. The van der Waals surface area contributed by atoms with Gasteiger partial charge in [0.2, 0.25) is 0 Å². The van der Waals surface area contributed by atoms with Crippen LogP contribution in [0.1, 0.15) is 77.6 Å². The molecule has 1 aliphatic carbocycles. The van der Waals surface area contributed by atoms with Crippen LogP contribution in [0.15, 0.2) is 243 Å². The van der Waals surface area contributed by atoms with Crippen molar-refractivity contribution >= 4 is 86.7 Å². The van der Waals surface area contributed by atoms with E-state index < -0.39 is 0 Å². The summed E-state index contributed by atoms with van der Waals surface area (Å²) in [5, 5.41) is 13.4. The summed E-state index contributed by atoms with van der Waals surface area (Å²) in [5.41, 5.74) is 24.6. The van der Waals surface area contributed by atoms with E-state index >= 15 is 0 Å². The van der Waals surface area contributed by atoms with Crippen LogP contribution in [-0.4, -0.2) is 9.97 Å². The fourth-order valence-corrected chi connectivity index (χ4v) is 15.6. The number of hydrogen-bond acceptors (Lipinski definition) is 2. The predicted molar refractivity (Wildman–Crippen MR) is 409 cm³/mol. The molecule has 2 aliphatic heterocycles. The minimum Gasteiger partial charge on any atom is -0.656 e. The zero-order valence-corrected chi connectivity index (χ0v) is 58.6. The Kier molecular flexibility index (Phi) is 15.9. The molecule has 2 aromatic heterocycles. The monoisotopic (exact) mass is 1430 g/mol. The molecule has 0 saturated carbocycles. The smallest absolute Gasteiger partial charge is 0.656 e. The first-order valence-corrected chi connectivity index (χ1v) is 34.7. The summed E-state index contributed by atoms with van der Waals surface area (Å²) in [6.45, 7) is 18.4. The van der Waals surface area contributed by atoms with Gasteiger partial charge in [-0.2, -0.15) is 0 Å². The van der Waals surface area contributed by atoms with Gasteiger partial charge in [-0.05, 0) is 229 Å². The van der Waals surface area contributed by atoms with Gasteiger partial charge in [0, 0.05) is 22.3 Å². The Morgan fingerprint density at radius 1 is 0.247 bits per heavy atom. The van der Waals surface area contributed by atoms with Crippen LogP contribution in [0.5, 0.6) is 0 Å². The van der Waals surface area contributed by atoms with Crippen molar-refractivity contribution in [2.45, 2.75) is 81.1 Å². The van der Waals surface area contributed by atoms with Gasteiger partial charge in [-0.15, -0.1) is 22.1 Å². The van der Waals surface area contributed by atoms with Crippen LogP contribution in [-0.2, 0) is 46.7 Å². The molecule has 0 saturated heterocycles. The quantitative estimate of drug-likeness (QED) is 0.122. The molecular weight excluding hydrogens is 1360 g/mol. The molecule has 97 heavy (non-hydrogen) atoms. The van der Waals surface area contributed by atoms with Crippen molar-refractivity contribution in [1.82, 2.24) is 19.9 Å². The topological polar surface area (TPSA) is 54.0 Å². The van der Waals surface area contributed by atoms with E-state index in [0.29, 0.717) is 23.7 Å². The van der Waals surface area contributed by atoms with Gasteiger partial charge in [-0.1, -0.05) is 250 Å². The molecule has 0 unspecified atom stereocenters. The van der Waals surface area contributed by atoms with Crippen molar-refractivity contribution in [2.75, 3.05) is 0 Å². The van der Waals surface area contributed by atoms with Crippen molar-refractivity contribution in [3.05, 3.63) is 265 Å². The Labute approximate surface area is 582 Å². The van der Waals surface area contributed by atoms with Crippen LogP contribution in [0.25, 0.3) is 176 Å². The molecule has 17 rings (SSSR count). The second-order valence-electron chi connectivity index (χ2n) is 28.9. The van der Waals surface area contributed by atoms with Crippen LogP contribution in [0.2, 0.25) is 0 Å². The maximum Gasteiger partial charge on any atom is 2.00 e. The fourth-order valence-electron chi connectivity index (χ4n) is 15.6. The van der Waals surface area contributed by atoms with Crippen molar-refractivity contribution in [2.24, 2.45) is 23.7 Å². The van der Waals surface area contributed by atoms with Crippen LogP contribution < -0.4 is 9.97 Å². The van der Waals surface area contributed by atoms with Crippen molar-refractivity contribution in [1.29, 1.82) is 0 Å². The largest absolute Gasteiger partial charge is 2.00 e. The van der Waals surface area contributed by atoms with Crippen LogP contribution in [0, 0.1) is 23.7 Å². The molecule has 14 aromatic rings. The summed E-state index contributed by atoms with van der Waals surface area (Å²) < 4.78 is 0. The van der Waals surface area contributed by atoms with Gasteiger partial charge in [-0.3, -0.25) is 0 Å². The summed E-state index contributed by atoms with van der Waals surface area (Å²) in [4.78, 5) is 25.3. The van der Waals surface area contributed by atoms with E-state index in [2.05, 4.69) is 298 Å². The Hall–Kier alpha value is -9.99. The second-order valence-corrected chi connectivity index (χ2v) is 28.9. The zero-order chi connectivity index (χ0) is 65.0. The standard InChI is InChI=1S/C92H76N4.Pt/c1-53(2)41-57-25-33-61(34-26-57)81-85-73-45-65-17-9-11-19-67(65)47-75(73)87(93-85)82(62-35-27-58(28-36-62)42-54(3)4)89-77-49-69-21-13-15-23-71(69)51-79(77)91(95-89)84(64-39-31-60(32-40-64)44-56(7)8)92-80-52-72-24-16-14-22-70(72)50-78(80)90(96-92)83(63-37-29-59(30-38-63)43-55(5)6)88-76-48-68-20-12-10-18-66(68)46-74(76)86(81)94-88;/h9-40,45-56H,41-44H2,1-8H3;/q-2;+2. The molecular formula is C92H76N4Pt. The van der Waals surface area contributed by atoms with Crippen molar-refractivity contribution in [3.63, 3.8) is 0 Å². The number of benzene rings is 12. The fraction of sp³-hybridized carbons (Fsp3) is 0.174. The van der Waals surface area contributed by atoms with E-state index in [1.807, 2.05) is 0 Å². The third kappa shape index (κ3) is 11.1. The van der Waals surface area contributed by atoms with Gasteiger partial charge >= 0.3 is 21.1 Å². The normalized spacial score (nSPS) is 12.2. The summed E-state index contributed by atoms with van der Waals surface area (Å²) >= 11 is 0. The maximum absolute atomic E-state index is 6.33.